The Kier molecular flexibility index (Phi) is 5.96. The van der Waals surface area contributed by atoms with Crippen LogP contribution in [0, 0.1) is 29.6 Å². The first-order valence-electron chi connectivity index (χ1n) is 22.8. The summed E-state index contributed by atoms with van der Waals surface area (Å²) in [6.45, 7) is 15.7. The molecule has 2 nitrogen and oxygen atoms in total. The first-order valence-corrected chi connectivity index (χ1v) is 22.8. The number of hydrogen-bond donors (Lipinski definition) is 0. The van der Waals surface area contributed by atoms with Crippen molar-refractivity contribution < 1.29 is 4.42 Å². The summed E-state index contributed by atoms with van der Waals surface area (Å²) in [6, 6.07) is 44.4. The smallest absolute Gasteiger partial charge is 0.137 e. The Morgan fingerprint density at radius 1 is 0.559 bits per heavy atom. The van der Waals surface area contributed by atoms with E-state index >= 15 is 0 Å². The molecule has 4 unspecified atom stereocenters. The molecular formula is C57H53NO. The van der Waals surface area contributed by atoms with Gasteiger partial charge in [0.1, 0.15) is 11.2 Å². The fourth-order valence-corrected chi connectivity index (χ4v) is 17.2. The zero-order chi connectivity index (χ0) is 39.6. The second-order valence-electron chi connectivity index (χ2n) is 21.2. The predicted octanol–water partition coefficient (Wildman–Crippen LogP) is 14.1. The number of benzene rings is 5. The Labute approximate surface area is 348 Å². The molecule has 15 rings (SSSR count). The molecule has 4 saturated carbocycles. The maximum Gasteiger partial charge on any atom is 0.137 e. The standard InChI is InChI=1S/C57H53NO/c1-32-49-51(37-16-7-9-18-39(37)57(49)35-27-33-26-34(29-35)30-36(57)28-33)56(6)42-21-12-13-22-43(42)58(44-23-15-25-46-48(44)38-17-8-14-24-45(38)59-46)54(4)31-47-53(2,3)40-19-10-11-20-41(40)55(47,5)50(32)52(54)56/h7-25,31-36H,26-30H2,1-6H3. The Bertz CT molecular complexity index is 2990. The summed E-state index contributed by atoms with van der Waals surface area (Å²) >= 11 is 0. The van der Waals surface area contributed by atoms with Gasteiger partial charge in [-0.05, 0) is 156 Å². The molecule has 1 aliphatic heterocycles. The second kappa shape index (κ2) is 10.4. The van der Waals surface area contributed by atoms with Gasteiger partial charge in [-0.25, -0.2) is 0 Å². The summed E-state index contributed by atoms with van der Waals surface area (Å²) in [5, 5.41) is 2.38. The second-order valence-corrected chi connectivity index (χ2v) is 21.2. The lowest BCUT2D eigenvalue weighted by Crippen LogP contribution is -2.62. The van der Waals surface area contributed by atoms with Crippen molar-refractivity contribution >= 4 is 38.9 Å². The minimum atomic E-state index is -0.485. The molecule has 292 valence electrons. The molecule has 5 aromatic carbocycles. The van der Waals surface area contributed by atoms with Gasteiger partial charge in [0.05, 0.1) is 16.6 Å². The highest BCUT2D eigenvalue weighted by Gasteiger charge is 2.71. The zero-order valence-electron chi connectivity index (χ0n) is 35.3. The topological polar surface area (TPSA) is 16.4 Å². The van der Waals surface area contributed by atoms with Gasteiger partial charge >= 0.3 is 0 Å². The number of nitrogens with zero attached hydrogens (tertiary/aromatic N) is 1. The van der Waals surface area contributed by atoms with Crippen molar-refractivity contribution in [3.8, 4) is 0 Å². The van der Waals surface area contributed by atoms with E-state index in [0.29, 0.717) is 11.8 Å². The highest BCUT2D eigenvalue weighted by atomic mass is 16.3. The van der Waals surface area contributed by atoms with Crippen LogP contribution in [-0.4, -0.2) is 5.54 Å². The van der Waals surface area contributed by atoms with E-state index in [1.807, 2.05) is 5.57 Å². The quantitative estimate of drug-likeness (QED) is 0.155. The van der Waals surface area contributed by atoms with Gasteiger partial charge in [-0.2, -0.15) is 0 Å². The van der Waals surface area contributed by atoms with Crippen molar-refractivity contribution in [2.24, 2.45) is 29.6 Å². The average molecular weight is 768 g/mol. The van der Waals surface area contributed by atoms with Crippen molar-refractivity contribution in [3.63, 3.8) is 0 Å². The molecule has 4 fully saturated rings. The third-order valence-corrected chi connectivity index (χ3v) is 18.5. The number of rotatable bonds is 1. The molecule has 1 aromatic heterocycles. The zero-order valence-corrected chi connectivity index (χ0v) is 35.3. The maximum absolute atomic E-state index is 6.66. The van der Waals surface area contributed by atoms with Gasteiger partial charge in [0, 0.05) is 38.7 Å². The van der Waals surface area contributed by atoms with Crippen LogP contribution in [0.4, 0.5) is 11.4 Å². The normalized spacial score (nSPS) is 36.1. The minimum Gasteiger partial charge on any atom is -0.456 e. The molecular weight excluding hydrogens is 715 g/mol. The first-order chi connectivity index (χ1) is 28.5. The molecule has 0 N–H and O–H groups in total. The third-order valence-electron chi connectivity index (χ3n) is 18.5. The summed E-state index contributed by atoms with van der Waals surface area (Å²) in [4.78, 5) is 2.77. The summed E-state index contributed by atoms with van der Waals surface area (Å²) in [5.41, 5.74) is 19.3. The van der Waals surface area contributed by atoms with Crippen molar-refractivity contribution in [1.82, 2.24) is 0 Å². The number of hydrogen-bond acceptors (Lipinski definition) is 2. The Morgan fingerprint density at radius 2 is 1.17 bits per heavy atom. The Hall–Kier alpha value is -5.08. The van der Waals surface area contributed by atoms with Gasteiger partial charge in [0.25, 0.3) is 0 Å². The molecule has 4 bridgehead atoms. The van der Waals surface area contributed by atoms with E-state index in [9.17, 15) is 0 Å². The van der Waals surface area contributed by atoms with Crippen LogP contribution in [-0.2, 0) is 21.7 Å². The highest BCUT2D eigenvalue weighted by Crippen LogP contribution is 2.78. The lowest BCUT2D eigenvalue weighted by atomic mass is 9.39. The molecule has 1 spiro atoms. The van der Waals surface area contributed by atoms with E-state index < -0.39 is 5.54 Å². The SMILES string of the molecule is CC1C2=C3C(C)(C4=C1C1(c5ccccc54)C4CC5CC(C4)CC1C5)c1ccccc1N(c1cccc4oc5ccccc5c14)C3(C)C=C1C(C)(C)c3ccccc3C12C. The summed E-state index contributed by atoms with van der Waals surface area (Å²) < 4.78 is 6.66. The molecule has 9 aliphatic rings. The van der Waals surface area contributed by atoms with Gasteiger partial charge in [0.2, 0.25) is 0 Å². The van der Waals surface area contributed by atoms with Crippen LogP contribution >= 0.6 is 0 Å². The number of anilines is 2. The number of allylic oxidation sites excluding steroid dienone is 4. The molecule has 6 aromatic rings. The van der Waals surface area contributed by atoms with Crippen LogP contribution in [0.3, 0.4) is 0 Å². The highest BCUT2D eigenvalue weighted by molar-refractivity contribution is 6.13. The molecule has 4 atom stereocenters. The largest absolute Gasteiger partial charge is 0.456 e. The van der Waals surface area contributed by atoms with E-state index in [4.69, 9.17) is 4.42 Å². The van der Waals surface area contributed by atoms with Crippen LogP contribution in [0.1, 0.15) is 101 Å². The average Bonchev–Trinajstić information content (AvgIpc) is 3.83. The van der Waals surface area contributed by atoms with E-state index in [1.165, 1.54) is 70.9 Å². The molecule has 0 saturated heterocycles. The predicted molar refractivity (Wildman–Crippen MR) is 241 cm³/mol. The van der Waals surface area contributed by atoms with E-state index in [2.05, 4.69) is 168 Å². The molecule has 8 aliphatic carbocycles. The maximum atomic E-state index is 6.66. The first kappa shape index (κ1) is 33.7. The molecule has 0 amide bonds. The van der Waals surface area contributed by atoms with Crippen molar-refractivity contribution in [1.29, 1.82) is 0 Å². The van der Waals surface area contributed by atoms with Crippen LogP contribution < -0.4 is 4.90 Å². The third kappa shape index (κ3) is 3.50. The minimum absolute atomic E-state index is 0.0927. The molecule has 0 radical (unpaired) electrons. The Morgan fingerprint density at radius 3 is 1.93 bits per heavy atom. The van der Waals surface area contributed by atoms with Crippen LogP contribution in [0.5, 0.6) is 0 Å². The van der Waals surface area contributed by atoms with E-state index in [-0.39, 0.29) is 27.6 Å². The molecule has 59 heavy (non-hydrogen) atoms. The lowest BCUT2D eigenvalue weighted by molar-refractivity contribution is -0.0453. The van der Waals surface area contributed by atoms with Crippen molar-refractivity contribution in [2.45, 2.75) is 101 Å². The lowest BCUT2D eigenvalue weighted by Gasteiger charge is -2.65. The summed E-state index contributed by atoms with van der Waals surface area (Å²) in [7, 11) is 0. The molecule has 2 heterocycles. The molecule has 2 heteroatoms. The van der Waals surface area contributed by atoms with Crippen molar-refractivity contribution in [2.75, 3.05) is 4.90 Å². The van der Waals surface area contributed by atoms with Gasteiger partial charge in [-0.15, -0.1) is 0 Å². The van der Waals surface area contributed by atoms with E-state index in [1.54, 1.807) is 33.4 Å². The fraction of sp³-hybridized carbons (Fsp3) is 0.368. The summed E-state index contributed by atoms with van der Waals surface area (Å²) in [6.07, 6.45) is 9.86. The number of fused-ring (bicyclic) bond motifs is 12. The van der Waals surface area contributed by atoms with Gasteiger partial charge in [0.15, 0.2) is 0 Å². The number of para-hydroxylation sites is 2. The van der Waals surface area contributed by atoms with Gasteiger partial charge < -0.3 is 9.32 Å². The fourth-order valence-electron chi connectivity index (χ4n) is 17.2. The van der Waals surface area contributed by atoms with Gasteiger partial charge in [-0.3, -0.25) is 0 Å². The van der Waals surface area contributed by atoms with Crippen LogP contribution in [0.2, 0.25) is 0 Å². The van der Waals surface area contributed by atoms with Gasteiger partial charge in [-0.1, -0.05) is 118 Å². The summed E-state index contributed by atoms with van der Waals surface area (Å²) in [5.74, 6) is 3.52. The monoisotopic (exact) mass is 767 g/mol. The van der Waals surface area contributed by atoms with Crippen LogP contribution in [0.25, 0.3) is 27.5 Å². The van der Waals surface area contributed by atoms with E-state index in [0.717, 1.165) is 23.0 Å². The number of furan rings is 1. The van der Waals surface area contributed by atoms with Crippen molar-refractivity contribution in [3.05, 3.63) is 171 Å². The van der Waals surface area contributed by atoms with Crippen LogP contribution in [0.15, 0.2) is 148 Å². The Balaban J connectivity index is 1.16.